The lowest BCUT2D eigenvalue weighted by molar-refractivity contribution is 0.102. The van der Waals surface area contributed by atoms with Crippen LogP contribution in [0.2, 0.25) is 0 Å². The molecular weight excluding hydrogens is 366 g/mol. The van der Waals surface area contributed by atoms with Gasteiger partial charge in [0.05, 0.1) is 5.39 Å². The van der Waals surface area contributed by atoms with Crippen molar-refractivity contribution in [2.24, 2.45) is 0 Å². The first-order valence-electron chi connectivity index (χ1n) is 9.93. The topological polar surface area (TPSA) is 81.3 Å². The predicted octanol–water partition coefficient (Wildman–Crippen LogP) is 2.63. The number of hydrogen-bond donors (Lipinski definition) is 2. The second-order valence-corrected chi connectivity index (χ2v) is 7.32. The number of aromatic amines is 1. The molecule has 2 aromatic carbocycles. The number of rotatable bonds is 4. The van der Waals surface area contributed by atoms with Crippen molar-refractivity contribution >= 4 is 28.1 Å². The zero-order chi connectivity index (χ0) is 20.4. The Morgan fingerprint density at radius 1 is 1.10 bits per heavy atom. The predicted molar refractivity (Wildman–Crippen MR) is 116 cm³/mol. The van der Waals surface area contributed by atoms with Gasteiger partial charge in [0.25, 0.3) is 11.5 Å². The Morgan fingerprint density at radius 3 is 2.52 bits per heavy atom. The lowest BCUT2D eigenvalue weighted by Crippen LogP contribution is -2.46. The van der Waals surface area contributed by atoms with Gasteiger partial charge in [0.1, 0.15) is 0 Å². The summed E-state index contributed by atoms with van der Waals surface area (Å²) < 4.78 is 0. The van der Waals surface area contributed by atoms with Gasteiger partial charge in [-0.05, 0) is 43.3 Å². The summed E-state index contributed by atoms with van der Waals surface area (Å²) in [5.74, 6) is -0.346. The van der Waals surface area contributed by atoms with Crippen LogP contribution >= 0.6 is 0 Å². The summed E-state index contributed by atoms with van der Waals surface area (Å²) in [5, 5.41) is 10.3. The summed E-state index contributed by atoms with van der Waals surface area (Å²) in [7, 11) is 0. The summed E-state index contributed by atoms with van der Waals surface area (Å²) in [6, 6.07) is 12.9. The van der Waals surface area contributed by atoms with Gasteiger partial charge >= 0.3 is 0 Å². The molecule has 0 aliphatic carbocycles. The van der Waals surface area contributed by atoms with Crippen molar-refractivity contribution in [1.82, 2.24) is 15.1 Å². The van der Waals surface area contributed by atoms with Crippen molar-refractivity contribution in [3.8, 4) is 0 Å². The number of amides is 1. The summed E-state index contributed by atoms with van der Waals surface area (Å²) in [6.07, 6.45) is 0. The van der Waals surface area contributed by atoms with E-state index in [2.05, 4.69) is 45.2 Å². The number of anilines is 2. The van der Waals surface area contributed by atoms with Crippen LogP contribution in [0.1, 0.15) is 23.0 Å². The van der Waals surface area contributed by atoms with Crippen LogP contribution in [0.15, 0.2) is 47.3 Å². The number of likely N-dealkylation sites (N-methyl/N-ethyl adjacent to an activating group) is 1. The van der Waals surface area contributed by atoms with Gasteiger partial charge in [-0.1, -0.05) is 25.1 Å². The first-order valence-corrected chi connectivity index (χ1v) is 9.93. The molecule has 0 radical (unpaired) electrons. The minimum Gasteiger partial charge on any atom is -0.369 e. The fourth-order valence-electron chi connectivity index (χ4n) is 3.87. The fourth-order valence-corrected chi connectivity index (χ4v) is 3.87. The van der Waals surface area contributed by atoms with Crippen molar-refractivity contribution in [2.45, 2.75) is 13.8 Å². The van der Waals surface area contributed by atoms with Crippen LogP contribution < -0.4 is 15.8 Å². The smallest absolute Gasteiger partial charge is 0.276 e. The summed E-state index contributed by atoms with van der Waals surface area (Å²) in [4.78, 5) is 29.6. The molecule has 0 atom stereocenters. The van der Waals surface area contributed by atoms with Gasteiger partial charge < -0.3 is 15.1 Å². The molecule has 2 N–H and O–H groups in total. The van der Waals surface area contributed by atoms with Gasteiger partial charge in [0, 0.05) is 42.9 Å². The largest absolute Gasteiger partial charge is 0.369 e. The second kappa shape index (κ2) is 8.05. The third-order valence-corrected chi connectivity index (χ3v) is 5.53. The maximum atomic E-state index is 12.8. The molecule has 1 aliphatic rings. The fraction of sp³-hybridized carbons (Fsp3) is 0.318. The van der Waals surface area contributed by atoms with E-state index >= 15 is 0 Å². The number of aromatic nitrogens is 2. The zero-order valence-electron chi connectivity index (χ0n) is 16.7. The number of nitrogens with one attached hydrogen (secondary N) is 2. The molecule has 1 aliphatic heterocycles. The van der Waals surface area contributed by atoms with Crippen LogP contribution in [0.25, 0.3) is 10.8 Å². The third kappa shape index (κ3) is 3.86. The van der Waals surface area contributed by atoms with Crippen molar-refractivity contribution in [3.05, 3.63) is 64.1 Å². The van der Waals surface area contributed by atoms with Crippen LogP contribution in [0, 0.1) is 6.92 Å². The molecule has 2 heterocycles. The SMILES string of the molecule is CCN1CCN(c2ccc(NC(=O)c3n[nH]c(=O)c4ccccc34)cc2C)CC1. The lowest BCUT2D eigenvalue weighted by Gasteiger charge is -2.36. The molecule has 0 unspecified atom stereocenters. The normalized spacial score (nSPS) is 14.9. The van der Waals surface area contributed by atoms with Gasteiger partial charge in [-0.25, -0.2) is 5.10 Å². The highest BCUT2D eigenvalue weighted by molar-refractivity contribution is 6.11. The highest BCUT2D eigenvalue weighted by atomic mass is 16.2. The summed E-state index contributed by atoms with van der Waals surface area (Å²) in [5.41, 5.74) is 2.93. The number of carbonyl (C=O) groups is 1. The molecule has 0 bridgehead atoms. The Labute approximate surface area is 169 Å². The minimum atomic E-state index is -0.346. The number of piperazine rings is 1. The summed E-state index contributed by atoms with van der Waals surface area (Å²) >= 11 is 0. The first-order chi connectivity index (χ1) is 14.1. The van der Waals surface area contributed by atoms with Gasteiger partial charge in [-0.15, -0.1) is 0 Å². The van der Waals surface area contributed by atoms with Gasteiger partial charge in [-0.2, -0.15) is 5.10 Å². The number of H-pyrrole nitrogens is 1. The molecule has 1 aromatic heterocycles. The van der Waals surface area contributed by atoms with Crippen LogP contribution in [-0.2, 0) is 0 Å². The number of fused-ring (bicyclic) bond motifs is 1. The maximum absolute atomic E-state index is 12.8. The Morgan fingerprint density at radius 2 is 1.83 bits per heavy atom. The van der Waals surface area contributed by atoms with Crippen molar-refractivity contribution < 1.29 is 4.79 Å². The molecule has 150 valence electrons. The van der Waals surface area contributed by atoms with Crippen LogP contribution in [0.4, 0.5) is 11.4 Å². The monoisotopic (exact) mass is 391 g/mol. The van der Waals surface area contributed by atoms with Crippen molar-refractivity contribution in [2.75, 3.05) is 42.9 Å². The molecule has 1 amide bonds. The minimum absolute atomic E-state index is 0.206. The van der Waals surface area contributed by atoms with Gasteiger partial charge in [-0.3, -0.25) is 9.59 Å². The van der Waals surface area contributed by atoms with E-state index in [1.165, 1.54) is 5.69 Å². The molecular formula is C22H25N5O2. The molecule has 1 saturated heterocycles. The van der Waals surface area contributed by atoms with Gasteiger partial charge in [0.2, 0.25) is 0 Å². The molecule has 29 heavy (non-hydrogen) atoms. The van der Waals surface area contributed by atoms with Crippen LogP contribution in [0.3, 0.4) is 0 Å². The Bertz CT molecular complexity index is 1100. The molecule has 3 aromatic rings. The molecule has 7 heteroatoms. The maximum Gasteiger partial charge on any atom is 0.276 e. The van der Waals surface area contributed by atoms with Crippen molar-refractivity contribution in [1.29, 1.82) is 0 Å². The highest BCUT2D eigenvalue weighted by Gasteiger charge is 2.18. The highest BCUT2D eigenvalue weighted by Crippen LogP contribution is 2.25. The average Bonchev–Trinajstić information content (AvgIpc) is 2.74. The Kier molecular flexibility index (Phi) is 5.31. The lowest BCUT2D eigenvalue weighted by atomic mass is 10.1. The Hall–Kier alpha value is -3.19. The third-order valence-electron chi connectivity index (χ3n) is 5.53. The van der Waals surface area contributed by atoms with E-state index in [9.17, 15) is 9.59 Å². The molecule has 4 rings (SSSR count). The zero-order valence-corrected chi connectivity index (χ0v) is 16.7. The number of nitrogens with zero attached hydrogens (tertiary/aromatic N) is 3. The van der Waals surface area contributed by atoms with E-state index in [-0.39, 0.29) is 17.2 Å². The second-order valence-electron chi connectivity index (χ2n) is 7.32. The number of carbonyl (C=O) groups excluding carboxylic acids is 1. The Balaban J connectivity index is 1.53. The van der Waals surface area contributed by atoms with E-state index in [1.807, 2.05) is 12.1 Å². The molecule has 7 nitrogen and oxygen atoms in total. The number of benzene rings is 2. The van der Waals surface area contributed by atoms with Crippen LogP contribution in [0.5, 0.6) is 0 Å². The molecule has 0 saturated carbocycles. The average molecular weight is 391 g/mol. The van der Waals surface area contributed by atoms with E-state index in [4.69, 9.17) is 0 Å². The van der Waals surface area contributed by atoms with Gasteiger partial charge in [0.15, 0.2) is 5.69 Å². The molecule has 0 spiro atoms. The standard InChI is InChI=1S/C22H25N5O2/c1-3-26-10-12-27(13-11-26)19-9-8-16(14-15(19)2)23-22(29)20-17-6-4-5-7-18(17)21(28)25-24-20/h4-9,14H,3,10-13H2,1-2H3,(H,23,29)(H,25,28). The number of aryl methyl sites for hydroxylation is 1. The quantitative estimate of drug-likeness (QED) is 0.715. The van der Waals surface area contributed by atoms with Crippen molar-refractivity contribution in [3.63, 3.8) is 0 Å². The van der Waals surface area contributed by atoms with E-state index < -0.39 is 0 Å². The molecule has 1 fully saturated rings. The van der Waals surface area contributed by atoms with E-state index in [0.29, 0.717) is 16.5 Å². The van der Waals surface area contributed by atoms with E-state index in [1.54, 1.807) is 24.3 Å². The van der Waals surface area contributed by atoms with E-state index in [0.717, 1.165) is 38.3 Å². The summed E-state index contributed by atoms with van der Waals surface area (Å²) in [6.45, 7) is 9.50. The number of hydrogen-bond acceptors (Lipinski definition) is 5. The van der Waals surface area contributed by atoms with Crippen LogP contribution in [-0.4, -0.2) is 53.7 Å². The first kappa shape index (κ1) is 19.1.